The molecule has 0 fully saturated rings. The van der Waals surface area contributed by atoms with E-state index >= 15 is 0 Å². The molecule has 1 N–H and O–H groups in total. The van der Waals surface area contributed by atoms with E-state index in [1.165, 1.54) is 29.2 Å². The molecule has 17 heavy (non-hydrogen) atoms. The molecule has 1 aromatic carbocycles. The third-order valence-electron chi connectivity index (χ3n) is 2.80. The van der Waals surface area contributed by atoms with Crippen molar-refractivity contribution in [1.82, 2.24) is 0 Å². The average molecular weight is 240 g/mol. The van der Waals surface area contributed by atoms with Gasteiger partial charge in [-0.1, -0.05) is 0 Å². The number of benzene rings is 1. The second-order valence-corrected chi connectivity index (χ2v) is 4.39. The summed E-state index contributed by atoms with van der Waals surface area (Å²) in [6, 6.07) is 5.86. The molecule has 1 unspecified atom stereocenters. The summed E-state index contributed by atoms with van der Waals surface area (Å²) in [5, 5.41) is 0. The van der Waals surface area contributed by atoms with E-state index in [0.717, 1.165) is 6.54 Å². The highest BCUT2D eigenvalue weighted by atomic mass is 19.1. The van der Waals surface area contributed by atoms with Crippen LogP contribution in [0.3, 0.4) is 0 Å². The predicted octanol–water partition coefficient (Wildman–Crippen LogP) is 0.906. The molecule has 1 rings (SSSR count). The minimum absolute atomic E-state index is 0.356. The van der Waals surface area contributed by atoms with Crippen LogP contribution in [0.25, 0.3) is 0 Å². The molecular weight excluding hydrogens is 221 g/mol. The molecule has 0 heterocycles. The molecule has 4 heteroatoms. The van der Waals surface area contributed by atoms with Crippen LogP contribution in [0.1, 0.15) is 24.2 Å². The van der Waals surface area contributed by atoms with Crippen molar-refractivity contribution in [2.75, 3.05) is 20.2 Å². The van der Waals surface area contributed by atoms with Gasteiger partial charge in [-0.15, -0.1) is 0 Å². The summed E-state index contributed by atoms with van der Waals surface area (Å²) in [4.78, 5) is 12.9. The fourth-order valence-electron chi connectivity index (χ4n) is 1.26. The maximum atomic E-state index is 12.6. The molecule has 94 valence electrons. The van der Waals surface area contributed by atoms with Gasteiger partial charge in [0.05, 0.1) is 18.7 Å². The molecule has 0 aliphatic carbocycles. The first kappa shape index (κ1) is 13.6. The van der Waals surface area contributed by atoms with Crippen LogP contribution in [0.5, 0.6) is 0 Å². The van der Waals surface area contributed by atoms with Gasteiger partial charge in [-0.25, -0.2) is 9.18 Å². The first-order valence-corrected chi connectivity index (χ1v) is 5.75. The number of hydrogen-bond acceptors (Lipinski definition) is 2. The van der Waals surface area contributed by atoms with E-state index in [2.05, 4.69) is 20.9 Å². The third-order valence-corrected chi connectivity index (χ3v) is 2.80. The zero-order chi connectivity index (χ0) is 12.8. The number of hydrogen-bond donors (Lipinski definition) is 1. The Morgan fingerprint density at radius 2 is 1.94 bits per heavy atom. The molecule has 0 aliphatic rings. The molecule has 1 atom stereocenters. The van der Waals surface area contributed by atoms with E-state index in [0.29, 0.717) is 18.2 Å². The van der Waals surface area contributed by atoms with Crippen LogP contribution in [-0.2, 0) is 4.74 Å². The normalized spacial score (nSPS) is 12.5. The monoisotopic (exact) mass is 240 g/mol. The zero-order valence-corrected chi connectivity index (χ0v) is 10.5. The van der Waals surface area contributed by atoms with Crippen molar-refractivity contribution >= 4 is 5.97 Å². The summed E-state index contributed by atoms with van der Waals surface area (Å²) in [5.41, 5.74) is 0.383. The SMILES string of the molecule is CC(C)[NH+](C)CCOC(=O)c1ccc(F)cc1. The topological polar surface area (TPSA) is 30.7 Å². The Balaban J connectivity index is 2.37. The lowest BCUT2D eigenvalue weighted by atomic mass is 10.2. The standard InChI is InChI=1S/C13H18FNO2/c1-10(2)15(3)8-9-17-13(16)11-4-6-12(14)7-5-11/h4-7,10H,8-9H2,1-3H3/p+1. The van der Waals surface area contributed by atoms with E-state index in [4.69, 9.17) is 4.74 Å². The van der Waals surface area contributed by atoms with Gasteiger partial charge in [-0.2, -0.15) is 0 Å². The molecule has 1 aromatic rings. The van der Waals surface area contributed by atoms with Crippen LogP contribution in [0.4, 0.5) is 4.39 Å². The van der Waals surface area contributed by atoms with Crippen LogP contribution in [0.2, 0.25) is 0 Å². The molecule has 0 aromatic heterocycles. The second-order valence-electron chi connectivity index (χ2n) is 4.39. The first-order valence-electron chi connectivity index (χ1n) is 5.75. The van der Waals surface area contributed by atoms with Crippen molar-refractivity contribution in [2.45, 2.75) is 19.9 Å². The summed E-state index contributed by atoms with van der Waals surface area (Å²) < 4.78 is 17.7. The van der Waals surface area contributed by atoms with E-state index in [-0.39, 0.29) is 5.82 Å². The van der Waals surface area contributed by atoms with Gasteiger partial charge in [0.15, 0.2) is 0 Å². The predicted molar refractivity (Wildman–Crippen MR) is 63.6 cm³/mol. The Kier molecular flexibility index (Phi) is 5.10. The van der Waals surface area contributed by atoms with Crippen LogP contribution in [-0.4, -0.2) is 32.2 Å². The highest BCUT2D eigenvalue weighted by Crippen LogP contribution is 2.03. The summed E-state index contributed by atoms with van der Waals surface area (Å²) in [6.07, 6.45) is 0. The minimum Gasteiger partial charge on any atom is -0.456 e. The largest absolute Gasteiger partial charge is 0.456 e. The molecule has 0 amide bonds. The van der Waals surface area contributed by atoms with E-state index in [9.17, 15) is 9.18 Å². The van der Waals surface area contributed by atoms with Crippen LogP contribution in [0.15, 0.2) is 24.3 Å². The number of likely N-dealkylation sites (N-methyl/N-ethyl adjacent to an activating group) is 1. The summed E-state index contributed by atoms with van der Waals surface area (Å²) >= 11 is 0. The number of esters is 1. The van der Waals surface area contributed by atoms with Crippen LogP contribution < -0.4 is 4.90 Å². The van der Waals surface area contributed by atoms with Gasteiger partial charge in [0.1, 0.15) is 19.0 Å². The lowest BCUT2D eigenvalue weighted by Gasteiger charge is -2.17. The van der Waals surface area contributed by atoms with Gasteiger partial charge in [-0.3, -0.25) is 0 Å². The second kappa shape index (κ2) is 6.35. The minimum atomic E-state index is -0.401. The molecule has 0 saturated carbocycles. The highest BCUT2D eigenvalue weighted by molar-refractivity contribution is 5.89. The molecule has 0 aliphatic heterocycles. The Morgan fingerprint density at radius 3 is 2.47 bits per heavy atom. The van der Waals surface area contributed by atoms with Gasteiger partial charge in [-0.05, 0) is 38.1 Å². The van der Waals surface area contributed by atoms with Gasteiger partial charge in [0.2, 0.25) is 0 Å². The summed E-state index contributed by atoms with van der Waals surface area (Å²) in [6.45, 7) is 5.36. The van der Waals surface area contributed by atoms with E-state index in [1.54, 1.807) is 0 Å². The molecular formula is C13H19FNO2+. The van der Waals surface area contributed by atoms with Crippen LogP contribution in [0, 0.1) is 5.82 Å². The quantitative estimate of drug-likeness (QED) is 0.775. The molecule has 0 radical (unpaired) electrons. The number of ether oxygens (including phenoxy) is 1. The number of rotatable bonds is 5. The van der Waals surface area contributed by atoms with Crippen molar-refractivity contribution in [3.8, 4) is 0 Å². The Morgan fingerprint density at radius 1 is 1.35 bits per heavy atom. The molecule has 0 saturated heterocycles. The maximum Gasteiger partial charge on any atom is 0.338 e. The Bertz CT molecular complexity index is 362. The average Bonchev–Trinajstić information content (AvgIpc) is 2.29. The van der Waals surface area contributed by atoms with Gasteiger partial charge in [0.25, 0.3) is 0 Å². The van der Waals surface area contributed by atoms with Gasteiger partial charge < -0.3 is 9.64 Å². The van der Waals surface area contributed by atoms with Gasteiger partial charge >= 0.3 is 5.97 Å². The number of quaternary nitrogens is 1. The lowest BCUT2D eigenvalue weighted by molar-refractivity contribution is -0.901. The van der Waals surface area contributed by atoms with E-state index in [1.807, 2.05) is 0 Å². The van der Waals surface area contributed by atoms with Gasteiger partial charge in [0, 0.05) is 0 Å². The fraction of sp³-hybridized carbons (Fsp3) is 0.462. The fourth-order valence-corrected chi connectivity index (χ4v) is 1.26. The third kappa shape index (κ3) is 4.53. The molecule has 0 bridgehead atoms. The number of carbonyl (C=O) groups excluding carboxylic acids is 1. The Labute approximate surface area is 101 Å². The first-order chi connectivity index (χ1) is 8.00. The number of halogens is 1. The van der Waals surface area contributed by atoms with Crippen molar-refractivity contribution in [3.63, 3.8) is 0 Å². The zero-order valence-electron chi connectivity index (χ0n) is 10.5. The lowest BCUT2D eigenvalue weighted by Crippen LogP contribution is -3.12. The Hall–Kier alpha value is -1.42. The maximum absolute atomic E-state index is 12.6. The summed E-state index contributed by atoms with van der Waals surface area (Å²) in [5.74, 6) is -0.757. The van der Waals surface area contributed by atoms with Crippen molar-refractivity contribution in [2.24, 2.45) is 0 Å². The smallest absolute Gasteiger partial charge is 0.338 e. The van der Waals surface area contributed by atoms with Crippen molar-refractivity contribution in [3.05, 3.63) is 35.6 Å². The highest BCUT2D eigenvalue weighted by Gasteiger charge is 2.10. The molecule has 3 nitrogen and oxygen atoms in total. The molecule has 0 spiro atoms. The van der Waals surface area contributed by atoms with Crippen molar-refractivity contribution in [1.29, 1.82) is 0 Å². The summed E-state index contributed by atoms with van der Waals surface area (Å²) in [7, 11) is 2.05. The van der Waals surface area contributed by atoms with Crippen molar-refractivity contribution < 1.29 is 18.8 Å². The number of nitrogens with one attached hydrogen (secondary N) is 1. The number of carbonyl (C=O) groups is 1. The van der Waals surface area contributed by atoms with Crippen LogP contribution >= 0.6 is 0 Å². The van der Waals surface area contributed by atoms with E-state index < -0.39 is 5.97 Å².